The molecule has 0 spiro atoms. The fraction of sp³-hybridized carbons (Fsp3) is 0.417. The minimum absolute atomic E-state index is 0.180. The second kappa shape index (κ2) is 5.75. The summed E-state index contributed by atoms with van der Waals surface area (Å²) >= 11 is 0. The van der Waals surface area contributed by atoms with Gasteiger partial charge in [-0.15, -0.1) is 13.2 Å². The van der Waals surface area contributed by atoms with E-state index in [9.17, 15) is 18.0 Å². The largest absolute Gasteiger partial charge is 0.573 e. The van der Waals surface area contributed by atoms with Crippen LogP contribution in [0.2, 0.25) is 0 Å². The van der Waals surface area contributed by atoms with Crippen LogP contribution in [0, 0.1) is 5.92 Å². The molecule has 1 aromatic carbocycles. The van der Waals surface area contributed by atoms with E-state index < -0.39 is 6.36 Å². The van der Waals surface area contributed by atoms with Gasteiger partial charge in [-0.25, -0.2) is 0 Å². The number of hydrogen-bond acceptors (Lipinski definition) is 2. The Balaban J connectivity index is 2.68. The summed E-state index contributed by atoms with van der Waals surface area (Å²) in [7, 11) is 0. The Kier molecular flexibility index (Phi) is 4.58. The first-order valence-corrected chi connectivity index (χ1v) is 5.42. The summed E-state index contributed by atoms with van der Waals surface area (Å²) in [6.45, 7) is 3.76. The van der Waals surface area contributed by atoms with Gasteiger partial charge in [-0.2, -0.15) is 0 Å². The molecule has 1 aromatic rings. The van der Waals surface area contributed by atoms with Crippen LogP contribution in [-0.4, -0.2) is 12.3 Å². The zero-order valence-corrected chi connectivity index (χ0v) is 10.0. The summed E-state index contributed by atoms with van der Waals surface area (Å²) in [5.74, 6) is -0.418. The Morgan fingerprint density at radius 3 is 2.61 bits per heavy atom. The number of alkyl halides is 3. The number of carbonyl (C=O) groups excluding carboxylic acids is 1. The van der Waals surface area contributed by atoms with E-state index in [4.69, 9.17) is 0 Å². The number of amides is 1. The molecule has 0 aliphatic carbocycles. The van der Waals surface area contributed by atoms with Gasteiger partial charge in [0.05, 0.1) is 0 Å². The van der Waals surface area contributed by atoms with E-state index in [1.54, 1.807) is 0 Å². The molecule has 0 aromatic heterocycles. The number of benzene rings is 1. The van der Waals surface area contributed by atoms with E-state index in [1.807, 2.05) is 13.8 Å². The Morgan fingerprint density at radius 2 is 2.06 bits per heavy atom. The Hall–Kier alpha value is -1.72. The van der Waals surface area contributed by atoms with E-state index in [2.05, 4.69) is 10.1 Å². The van der Waals surface area contributed by atoms with Crippen LogP contribution in [0.5, 0.6) is 5.75 Å². The molecule has 18 heavy (non-hydrogen) atoms. The molecule has 0 aliphatic heterocycles. The van der Waals surface area contributed by atoms with Crippen LogP contribution in [0.3, 0.4) is 0 Å². The Bertz CT molecular complexity index is 416. The maximum atomic E-state index is 12.0. The van der Waals surface area contributed by atoms with Gasteiger partial charge in [0, 0.05) is 18.2 Å². The van der Waals surface area contributed by atoms with Crippen molar-refractivity contribution >= 4 is 11.6 Å². The van der Waals surface area contributed by atoms with Crippen LogP contribution in [0.1, 0.15) is 20.3 Å². The zero-order chi connectivity index (χ0) is 13.8. The second-order valence-electron chi connectivity index (χ2n) is 4.22. The highest BCUT2D eigenvalue weighted by molar-refractivity contribution is 5.90. The van der Waals surface area contributed by atoms with Crippen LogP contribution in [-0.2, 0) is 4.79 Å². The van der Waals surface area contributed by atoms with Gasteiger partial charge in [-0.05, 0) is 18.1 Å². The highest BCUT2D eigenvalue weighted by atomic mass is 19.4. The van der Waals surface area contributed by atoms with Crippen LogP contribution in [0.15, 0.2) is 24.3 Å². The lowest BCUT2D eigenvalue weighted by atomic mass is 10.1. The highest BCUT2D eigenvalue weighted by Crippen LogP contribution is 2.25. The molecule has 1 N–H and O–H groups in total. The van der Waals surface area contributed by atoms with E-state index in [0.717, 1.165) is 6.07 Å². The van der Waals surface area contributed by atoms with E-state index in [0.29, 0.717) is 6.42 Å². The molecule has 0 radical (unpaired) electrons. The van der Waals surface area contributed by atoms with Crippen LogP contribution < -0.4 is 10.1 Å². The Labute approximate surface area is 103 Å². The number of hydrogen-bond donors (Lipinski definition) is 1. The predicted molar refractivity (Wildman–Crippen MR) is 61.2 cm³/mol. The fourth-order valence-electron chi connectivity index (χ4n) is 1.35. The third kappa shape index (κ3) is 5.56. The van der Waals surface area contributed by atoms with Crippen molar-refractivity contribution in [1.82, 2.24) is 0 Å². The number of anilines is 1. The van der Waals surface area contributed by atoms with Gasteiger partial charge in [-0.3, -0.25) is 4.79 Å². The average molecular weight is 261 g/mol. The van der Waals surface area contributed by atoms with Crippen LogP contribution in [0.4, 0.5) is 18.9 Å². The molecule has 3 nitrogen and oxygen atoms in total. The number of carbonyl (C=O) groups is 1. The molecule has 0 unspecified atom stereocenters. The molecule has 0 bridgehead atoms. The van der Waals surface area contributed by atoms with Crippen molar-refractivity contribution in [3.8, 4) is 5.75 Å². The zero-order valence-electron chi connectivity index (χ0n) is 10.0. The first-order chi connectivity index (χ1) is 8.26. The number of rotatable bonds is 4. The lowest BCUT2D eigenvalue weighted by molar-refractivity contribution is -0.274. The summed E-state index contributed by atoms with van der Waals surface area (Å²) in [4.78, 5) is 11.4. The van der Waals surface area contributed by atoms with Gasteiger partial charge in [-0.1, -0.05) is 19.9 Å². The lowest BCUT2D eigenvalue weighted by Crippen LogP contribution is -2.17. The van der Waals surface area contributed by atoms with Crippen LogP contribution >= 0.6 is 0 Å². The smallest absolute Gasteiger partial charge is 0.406 e. The van der Waals surface area contributed by atoms with Gasteiger partial charge in [0.2, 0.25) is 5.91 Å². The van der Waals surface area contributed by atoms with Crippen molar-refractivity contribution in [3.05, 3.63) is 24.3 Å². The summed E-state index contributed by atoms with van der Waals surface area (Å²) in [6, 6.07) is 5.19. The summed E-state index contributed by atoms with van der Waals surface area (Å²) in [6.07, 6.45) is -4.43. The maximum absolute atomic E-state index is 12.0. The standard InChI is InChI=1S/C12H14F3NO2/c1-8(2)6-11(17)16-9-4-3-5-10(7-9)18-12(13,14)15/h3-5,7-8H,6H2,1-2H3,(H,16,17). The summed E-state index contributed by atoms with van der Waals surface area (Å²) in [5.41, 5.74) is 0.280. The molecule has 1 amide bonds. The van der Waals surface area contributed by atoms with Crippen molar-refractivity contribution in [2.75, 3.05) is 5.32 Å². The molecule has 1 rings (SSSR count). The molecule has 0 heterocycles. The first-order valence-electron chi connectivity index (χ1n) is 5.42. The van der Waals surface area contributed by atoms with Gasteiger partial charge in [0.1, 0.15) is 5.75 Å². The lowest BCUT2D eigenvalue weighted by Gasteiger charge is -2.11. The number of ether oxygens (including phenoxy) is 1. The van der Waals surface area contributed by atoms with E-state index >= 15 is 0 Å². The summed E-state index contributed by atoms with van der Waals surface area (Å²) < 4.78 is 39.7. The molecule has 100 valence electrons. The minimum atomic E-state index is -4.74. The topological polar surface area (TPSA) is 38.3 Å². The molecule has 0 saturated carbocycles. The molecular weight excluding hydrogens is 247 g/mol. The quantitative estimate of drug-likeness (QED) is 0.899. The monoisotopic (exact) mass is 261 g/mol. The van der Waals surface area contributed by atoms with Crippen molar-refractivity contribution in [2.45, 2.75) is 26.6 Å². The predicted octanol–water partition coefficient (Wildman–Crippen LogP) is 3.57. The molecular formula is C12H14F3NO2. The highest BCUT2D eigenvalue weighted by Gasteiger charge is 2.31. The average Bonchev–Trinajstić information content (AvgIpc) is 2.13. The van der Waals surface area contributed by atoms with Gasteiger partial charge < -0.3 is 10.1 Å². The van der Waals surface area contributed by atoms with Gasteiger partial charge in [0.25, 0.3) is 0 Å². The third-order valence-corrected chi connectivity index (χ3v) is 1.95. The van der Waals surface area contributed by atoms with E-state index in [-0.39, 0.29) is 23.3 Å². The fourth-order valence-corrected chi connectivity index (χ4v) is 1.35. The maximum Gasteiger partial charge on any atom is 0.573 e. The molecule has 0 atom stereocenters. The molecule has 0 aliphatic rings. The normalized spacial score (nSPS) is 11.4. The van der Waals surface area contributed by atoms with Gasteiger partial charge in [0.15, 0.2) is 0 Å². The van der Waals surface area contributed by atoms with Crippen molar-refractivity contribution in [3.63, 3.8) is 0 Å². The molecule has 6 heteroatoms. The van der Waals surface area contributed by atoms with Crippen molar-refractivity contribution in [1.29, 1.82) is 0 Å². The molecule has 0 saturated heterocycles. The minimum Gasteiger partial charge on any atom is -0.406 e. The number of nitrogens with one attached hydrogen (secondary N) is 1. The van der Waals surface area contributed by atoms with Crippen LogP contribution in [0.25, 0.3) is 0 Å². The number of halogens is 3. The van der Waals surface area contributed by atoms with Crippen molar-refractivity contribution < 1.29 is 22.7 Å². The Morgan fingerprint density at radius 1 is 1.39 bits per heavy atom. The second-order valence-corrected chi connectivity index (χ2v) is 4.22. The van der Waals surface area contributed by atoms with Gasteiger partial charge >= 0.3 is 6.36 Å². The molecule has 0 fully saturated rings. The third-order valence-electron chi connectivity index (χ3n) is 1.95. The SMILES string of the molecule is CC(C)CC(=O)Nc1cccc(OC(F)(F)F)c1. The van der Waals surface area contributed by atoms with Crippen molar-refractivity contribution in [2.24, 2.45) is 5.92 Å². The first kappa shape index (κ1) is 14.3. The van der Waals surface area contributed by atoms with E-state index in [1.165, 1.54) is 18.2 Å². The summed E-state index contributed by atoms with van der Waals surface area (Å²) in [5, 5.41) is 2.51.